The zero-order chi connectivity index (χ0) is 17.5. The van der Waals surface area contributed by atoms with Crippen LogP contribution >= 0.6 is 0 Å². The standard InChI is InChI=1S/C24H29N/c1-2-3-6-13-21-16-17-22(19-11-7-4-8-12-19)23(18-25)24(21)20-14-9-5-10-15-20/h4,7-8,11-12,16-17,20H,2-3,5-6,9-10,13-15H2,1H3. The molecule has 0 saturated heterocycles. The maximum Gasteiger partial charge on any atom is 0.100 e. The average Bonchev–Trinajstić information content (AvgIpc) is 2.69. The van der Waals surface area contributed by atoms with Crippen LogP contribution in [-0.2, 0) is 6.42 Å². The van der Waals surface area contributed by atoms with E-state index in [1.807, 2.05) is 6.07 Å². The summed E-state index contributed by atoms with van der Waals surface area (Å²) < 4.78 is 0. The van der Waals surface area contributed by atoms with E-state index in [-0.39, 0.29) is 0 Å². The van der Waals surface area contributed by atoms with Crippen LogP contribution in [0.1, 0.15) is 80.9 Å². The normalized spacial score (nSPS) is 15.0. The van der Waals surface area contributed by atoms with Gasteiger partial charge in [-0.15, -0.1) is 0 Å². The molecule has 0 bridgehead atoms. The summed E-state index contributed by atoms with van der Waals surface area (Å²) in [5.41, 5.74) is 6.02. The van der Waals surface area contributed by atoms with Crippen LogP contribution in [0.4, 0.5) is 0 Å². The number of nitriles is 1. The Morgan fingerprint density at radius 2 is 1.72 bits per heavy atom. The molecular weight excluding hydrogens is 302 g/mol. The van der Waals surface area contributed by atoms with Crippen molar-refractivity contribution in [2.45, 2.75) is 70.6 Å². The fourth-order valence-electron chi connectivity index (χ4n) is 4.28. The van der Waals surface area contributed by atoms with Gasteiger partial charge in [0.15, 0.2) is 0 Å². The van der Waals surface area contributed by atoms with Gasteiger partial charge in [-0.1, -0.05) is 81.5 Å². The van der Waals surface area contributed by atoms with Crippen LogP contribution in [0.5, 0.6) is 0 Å². The first-order chi connectivity index (χ1) is 12.3. The van der Waals surface area contributed by atoms with Crippen molar-refractivity contribution < 1.29 is 0 Å². The molecule has 0 radical (unpaired) electrons. The van der Waals surface area contributed by atoms with E-state index in [4.69, 9.17) is 0 Å². The van der Waals surface area contributed by atoms with Crippen molar-refractivity contribution in [3.05, 3.63) is 59.2 Å². The molecule has 1 heteroatoms. The van der Waals surface area contributed by atoms with Crippen LogP contribution in [0, 0.1) is 11.3 Å². The highest BCUT2D eigenvalue weighted by Crippen LogP contribution is 2.40. The second kappa shape index (κ2) is 8.86. The number of hydrogen-bond donors (Lipinski definition) is 0. The zero-order valence-electron chi connectivity index (χ0n) is 15.4. The van der Waals surface area contributed by atoms with Crippen molar-refractivity contribution >= 4 is 0 Å². The molecule has 25 heavy (non-hydrogen) atoms. The molecule has 3 rings (SSSR count). The Bertz CT molecular complexity index is 718. The van der Waals surface area contributed by atoms with Gasteiger partial charge in [-0.2, -0.15) is 5.26 Å². The third-order valence-corrected chi connectivity index (χ3v) is 5.60. The SMILES string of the molecule is CCCCCc1ccc(-c2ccccc2)c(C#N)c1C1CCCCC1. The van der Waals surface area contributed by atoms with Gasteiger partial charge in [0.05, 0.1) is 5.56 Å². The maximum absolute atomic E-state index is 10.0. The highest BCUT2D eigenvalue weighted by atomic mass is 14.3. The monoisotopic (exact) mass is 331 g/mol. The minimum Gasteiger partial charge on any atom is -0.192 e. The van der Waals surface area contributed by atoms with E-state index in [1.54, 1.807) is 0 Å². The summed E-state index contributed by atoms with van der Waals surface area (Å²) in [6.45, 7) is 2.25. The summed E-state index contributed by atoms with van der Waals surface area (Å²) in [6, 6.07) is 17.5. The number of aryl methyl sites for hydroxylation is 1. The van der Waals surface area contributed by atoms with Crippen molar-refractivity contribution in [2.75, 3.05) is 0 Å². The number of rotatable bonds is 6. The third kappa shape index (κ3) is 4.13. The second-order valence-corrected chi connectivity index (χ2v) is 7.33. The molecule has 0 spiro atoms. The van der Waals surface area contributed by atoms with Crippen LogP contribution in [0.3, 0.4) is 0 Å². The molecule has 0 atom stereocenters. The van der Waals surface area contributed by atoms with Crippen LogP contribution < -0.4 is 0 Å². The molecule has 2 aromatic carbocycles. The molecule has 0 N–H and O–H groups in total. The Morgan fingerprint density at radius 3 is 2.40 bits per heavy atom. The Hall–Kier alpha value is -2.07. The van der Waals surface area contributed by atoms with Gasteiger partial charge in [-0.3, -0.25) is 0 Å². The van der Waals surface area contributed by atoms with Crippen molar-refractivity contribution in [3.8, 4) is 17.2 Å². The predicted octanol–water partition coefficient (Wildman–Crippen LogP) is 7.01. The smallest absolute Gasteiger partial charge is 0.100 e. The first kappa shape index (κ1) is 17.7. The fourth-order valence-corrected chi connectivity index (χ4v) is 4.28. The molecule has 130 valence electrons. The van der Waals surface area contributed by atoms with E-state index < -0.39 is 0 Å². The molecular formula is C24H29N. The number of unbranched alkanes of at least 4 members (excludes halogenated alkanes) is 2. The molecule has 1 saturated carbocycles. The Balaban J connectivity index is 2.06. The lowest BCUT2D eigenvalue weighted by molar-refractivity contribution is 0.440. The minimum atomic E-state index is 0.573. The van der Waals surface area contributed by atoms with E-state index >= 15 is 0 Å². The Labute approximate surface area is 152 Å². The summed E-state index contributed by atoms with van der Waals surface area (Å²) >= 11 is 0. The molecule has 0 unspecified atom stereocenters. The summed E-state index contributed by atoms with van der Waals surface area (Å²) in [5.74, 6) is 0.573. The van der Waals surface area contributed by atoms with Gasteiger partial charge in [0.2, 0.25) is 0 Å². The topological polar surface area (TPSA) is 23.8 Å². The van der Waals surface area contributed by atoms with Gasteiger partial charge < -0.3 is 0 Å². The van der Waals surface area contributed by atoms with Gasteiger partial charge in [0, 0.05) is 0 Å². The highest BCUT2D eigenvalue weighted by molar-refractivity contribution is 5.73. The van der Waals surface area contributed by atoms with Crippen molar-refractivity contribution in [2.24, 2.45) is 0 Å². The molecule has 0 aliphatic heterocycles. The summed E-state index contributed by atoms with van der Waals surface area (Å²) in [4.78, 5) is 0. The summed E-state index contributed by atoms with van der Waals surface area (Å²) in [5, 5.41) is 10.0. The van der Waals surface area contributed by atoms with Crippen LogP contribution in [0.15, 0.2) is 42.5 Å². The molecule has 1 aliphatic carbocycles. The van der Waals surface area contributed by atoms with Gasteiger partial charge in [0.1, 0.15) is 6.07 Å². The lowest BCUT2D eigenvalue weighted by atomic mass is 9.77. The number of benzene rings is 2. The lowest BCUT2D eigenvalue weighted by Crippen LogP contribution is -2.11. The third-order valence-electron chi connectivity index (χ3n) is 5.60. The molecule has 1 nitrogen and oxygen atoms in total. The molecule has 0 aromatic heterocycles. The average molecular weight is 332 g/mol. The van der Waals surface area contributed by atoms with Crippen molar-refractivity contribution in [3.63, 3.8) is 0 Å². The fraction of sp³-hybridized carbons (Fsp3) is 0.458. The molecule has 0 heterocycles. The van der Waals surface area contributed by atoms with E-state index in [1.165, 1.54) is 62.5 Å². The lowest BCUT2D eigenvalue weighted by Gasteiger charge is -2.26. The van der Waals surface area contributed by atoms with Crippen molar-refractivity contribution in [1.82, 2.24) is 0 Å². The Kier molecular flexibility index (Phi) is 6.29. The second-order valence-electron chi connectivity index (χ2n) is 7.33. The summed E-state index contributed by atoms with van der Waals surface area (Å²) in [7, 11) is 0. The molecule has 0 amide bonds. The van der Waals surface area contributed by atoms with E-state index in [9.17, 15) is 5.26 Å². The maximum atomic E-state index is 10.0. The van der Waals surface area contributed by atoms with Crippen molar-refractivity contribution in [1.29, 1.82) is 5.26 Å². The van der Waals surface area contributed by atoms with E-state index in [2.05, 4.69) is 49.4 Å². The number of hydrogen-bond acceptors (Lipinski definition) is 1. The quantitative estimate of drug-likeness (QED) is 0.522. The molecule has 2 aromatic rings. The van der Waals surface area contributed by atoms with Crippen LogP contribution in [0.2, 0.25) is 0 Å². The minimum absolute atomic E-state index is 0.573. The molecule has 1 aliphatic rings. The van der Waals surface area contributed by atoms with Crippen LogP contribution in [-0.4, -0.2) is 0 Å². The first-order valence-corrected chi connectivity index (χ1v) is 9.96. The van der Waals surface area contributed by atoms with Crippen LogP contribution in [0.25, 0.3) is 11.1 Å². The zero-order valence-corrected chi connectivity index (χ0v) is 15.4. The number of nitrogens with zero attached hydrogens (tertiary/aromatic N) is 1. The Morgan fingerprint density at radius 1 is 0.960 bits per heavy atom. The van der Waals surface area contributed by atoms with Gasteiger partial charge in [-0.05, 0) is 53.9 Å². The molecule has 1 fully saturated rings. The largest absolute Gasteiger partial charge is 0.192 e. The first-order valence-electron chi connectivity index (χ1n) is 9.96. The predicted molar refractivity (Wildman–Crippen MR) is 106 cm³/mol. The highest BCUT2D eigenvalue weighted by Gasteiger charge is 2.23. The van der Waals surface area contributed by atoms with E-state index in [0.717, 1.165) is 23.1 Å². The summed E-state index contributed by atoms with van der Waals surface area (Å²) in [6.07, 6.45) is 11.3. The van der Waals surface area contributed by atoms with Gasteiger partial charge >= 0.3 is 0 Å². The van der Waals surface area contributed by atoms with Gasteiger partial charge in [0.25, 0.3) is 0 Å². The van der Waals surface area contributed by atoms with Gasteiger partial charge in [-0.25, -0.2) is 0 Å². The van der Waals surface area contributed by atoms with E-state index in [0.29, 0.717) is 5.92 Å².